The lowest BCUT2D eigenvalue weighted by Gasteiger charge is -2.03. The van der Waals surface area contributed by atoms with E-state index in [0.717, 1.165) is 11.1 Å². The van der Waals surface area contributed by atoms with Gasteiger partial charge in [-0.1, -0.05) is 12.1 Å². The Hall–Kier alpha value is -3.57. The predicted molar refractivity (Wildman–Crippen MR) is 114 cm³/mol. The lowest BCUT2D eigenvalue weighted by Crippen LogP contribution is -2.15. The van der Waals surface area contributed by atoms with E-state index in [2.05, 4.69) is 5.10 Å². The molecule has 0 aliphatic heterocycles. The standard InChI is InChI=1S/C11H10FN3O.C10H12O5S/c1-15-10(11(13)16)6-9(14-15)7-2-4-8(12)5-3-7;11-6-5-8-1-3-9(4-2-8)16(14,15)7-10(12)13/h2-6H,1H3,(H2,13,16);1-4,11H,5-7H2,(H,12,13). The van der Waals surface area contributed by atoms with Crippen LogP contribution >= 0.6 is 0 Å². The van der Waals surface area contributed by atoms with Gasteiger partial charge in [0.15, 0.2) is 15.6 Å². The van der Waals surface area contributed by atoms with Crippen LogP contribution in [0.1, 0.15) is 16.1 Å². The number of hydrogen-bond acceptors (Lipinski definition) is 6. The summed E-state index contributed by atoms with van der Waals surface area (Å²) < 4.78 is 37.1. The Labute approximate surface area is 183 Å². The summed E-state index contributed by atoms with van der Waals surface area (Å²) in [5, 5.41) is 21.2. The highest BCUT2D eigenvalue weighted by Gasteiger charge is 2.18. The molecule has 170 valence electrons. The minimum Gasteiger partial charge on any atom is -0.480 e. The van der Waals surface area contributed by atoms with E-state index < -0.39 is 27.5 Å². The summed E-state index contributed by atoms with van der Waals surface area (Å²) in [6.07, 6.45) is 0.444. The first-order valence-corrected chi connectivity index (χ1v) is 10.9. The molecule has 0 spiro atoms. The molecule has 9 nitrogen and oxygen atoms in total. The van der Waals surface area contributed by atoms with Crippen LogP contribution in [0.5, 0.6) is 0 Å². The van der Waals surface area contributed by atoms with Gasteiger partial charge in [-0.05, 0) is 54.4 Å². The molecule has 0 atom stereocenters. The van der Waals surface area contributed by atoms with Gasteiger partial charge >= 0.3 is 5.97 Å². The van der Waals surface area contributed by atoms with Crippen molar-refractivity contribution in [2.24, 2.45) is 12.8 Å². The van der Waals surface area contributed by atoms with Gasteiger partial charge in [-0.25, -0.2) is 12.8 Å². The fourth-order valence-electron chi connectivity index (χ4n) is 2.70. The minimum atomic E-state index is -3.75. The summed E-state index contributed by atoms with van der Waals surface area (Å²) in [7, 11) is -2.12. The fourth-order valence-corrected chi connectivity index (χ4v) is 3.74. The maximum absolute atomic E-state index is 12.7. The van der Waals surface area contributed by atoms with Gasteiger partial charge in [0, 0.05) is 19.2 Å². The van der Waals surface area contributed by atoms with Gasteiger partial charge in [-0.2, -0.15) is 5.10 Å². The molecule has 0 radical (unpaired) electrons. The molecule has 4 N–H and O–H groups in total. The Kier molecular flexibility index (Phi) is 8.21. The van der Waals surface area contributed by atoms with E-state index in [-0.39, 0.29) is 17.3 Å². The first kappa shape index (κ1) is 24.7. The lowest BCUT2D eigenvalue weighted by molar-refractivity contribution is -0.134. The smallest absolute Gasteiger partial charge is 0.319 e. The van der Waals surface area contributed by atoms with E-state index >= 15 is 0 Å². The Balaban J connectivity index is 0.000000227. The number of halogens is 1. The van der Waals surface area contributed by atoms with Crippen molar-refractivity contribution in [3.05, 3.63) is 71.7 Å². The molecule has 0 aliphatic carbocycles. The maximum Gasteiger partial charge on any atom is 0.319 e. The third-order valence-electron chi connectivity index (χ3n) is 4.27. The summed E-state index contributed by atoms with van der Waals surface area (Å²) in [5.74, 6) is -3.13. The maximum atomic E-state index is 12.7. The predicted octanol–water partition coefficient (Wildman–Crippen LogP) is 1.40. The van der Waals surface area contributed by atoms with Crippen molar-refractivity contribution in [3.8, 4) is 11.3 Å². The number of aliphatic hydroxyl groups excluding tert-OH is 1. The number of aryl methyl sites for hydroxylation is 1. The second-order valence-corrected chi connectivity index (χ2v) is 8.67. The second kappa shape index (κ2) is 10.6. The molecule has 32 heavy (non-hydrogen) atoms. The van der Waals surface area contributed by atoms with Crippen LogP contribution in [0.4, 0.5) is 4.39 Å². The van der Waals surface area contributed by atoms with E-state index in [1.54, 1.807) is 37.4 Å². The van der Waals surface area contributed by atoms with Crippen LogP contribution < -0.4 is 5.73 Å². The number of carboxylic acids is 1. The summed E-state index contributed by atoms with van der Waals surface area (Å²) in [6.45, 7) is -0.0127. The number of nitrogens with two attached hydrogens (primary N) is 1. The SMILES string of the molecule is Cn1nc(-c2ccc(F)cc2)cc1C(N)=O.O=C(O)CS(=O)(=O)c1ccc(CCO)cc1. The molecule has 0 saturated carbocycles. The van der Waals surface area contributed by atoms with Gasteiger partial charge in [0.05, 0.1) is 10.6 Å². The van der Waals surface area contributed by atoms with Gasteiger partial charge in [-0.3, -0.25) is 14.3 Å². The quantitative estimate of drug-likeness (QED) is 0.479. The number of hydrogen-bond donors (Lipinski definition) is 3. The number of carbonyl (C=O) groups is 2. The van der Waals surface area contributed by atoms with Crippen molar-refractivity contribution < 1.29 is 32.6 Å². The largest absolute Gasteiger partial charge is 0.480 e. The average Bonchev–Trinajstić information content (AvgIpc) is 3.11. The number of sulfone groups is 1. The van der Waals surface area contributed by atoms with Crippen LogP contribution in [0.3, 0.4) is 0 Å². The molecule has 3 aromatic rings. The number of nitrogens with zero attached hydrogens (tertiary/aromatic N) is 2. The van der Waals surface area contributed by atoms with Crippen molar-refractivity contribution >= 4 is 21.7 Å². The van der Waals surface area contributed by atoms with E-state index in [1.165, 1.54) is 28.9 Å². The van der Waals surface area contributed by atoms with Crippen molar-refractivity contribution in [2.75, 3.05) is 12.4 Å². The lowest BCUT2D eigenvalue weighted by atomic mass is 10.1. The van der Waals surface area contributed by atoms with Crippen molar-refractivity contribution in [1.82, 2.24) is 9.78 Å². The number of amides is 1. The Morgan fingerprint density at radius 3 is 2.16 bits per heavy atom. The molecular formula is C21H22FN3O6S. The Morgan fingerprint density at radius 2 is 1.69 bits per heavy atom. The highest BCUT2D eigenvalue weighted by molar-refractivity contribution is 7.92. The molecule has 2 aromatic carbocycles. The van der Waals surface area contributed by atoms with Crippen LogP contribution in [0.2, 0.25) is 0 Å². The number of rotatable bonds is 7. The highest BCUT2D eigenvalue weighted by Crippen LogP contribution is 2.19. The van der Waals surface area contributed by atoms with E-state index in [4.69, 9.17) is 15.9 Å². The minimum absolute atomic E-state index is 0.0127. The van der Waals surface area contributed by atoms with Crippen LogP contribution in [0, 0.1) is 5.82 Å². The number of carboxylic acid groups (broad SMARTS) is 1. The second-order valence-electron chi connectivity index (χ2n) is 6.68. The molecule has 0 bridgehead atoms. The molecular weight excluding hydrogens is 441 g/mol. The van der Waals surface area contributed by atoms with Gasteiger partial charge in [-0.15, -0.1) is 0 Å². The average molecular weight is 463 g/mol. The summed E-state index contributed by atoms with van der Waals surface area (Å²) in [5.41, 5.74) is 7.63. The highest BCUT2D eigenvalue weighted by atomic mass is 32.2. The molecule has 1 amide bonds. The van der Waals surface area contributed by atoms with E-state index in [1.807, 2.05) is 0 Å². The zero-order chi connectivity index (χ0) is 23.9. The summed E-state index contributed by atoms with van der Waals surface area (Å²) in [6, 6.07) is 13.3. The Morgan fingerprint density at radius 1 is 1.09 bits per heavy atom. The van der Waals surface area contributed by atoms with Crippen LogP contribution in [0.15, 0.2) is 59.5 Å². The number of primary amides is 1. The van der Waals surface area contributed by atoms with Gasteiger partial charge in [0.25, 0.3) is 5.91 Å². The summed E-state index contributed by atoms with van der Waals surface area (Å²) in [4.78, 5) is 21.4. The molecule has 0 aliphatic rings. The van der Waals surface area contributed by atoms with Gasteiger partial charge in [0.2, 0.25) is 0 Å². The molecule has 0 fully saturated rings. The summed E-state index contributed by atoms with van der Waals surface area (Å²) >= 11 is 0. The molecule has 1 aromatic heterocycles. The number of aromatic nitrogens is 2. The normalized spacial score (nSPS) is 10.8. The van der Waals surface area contributed by atoms with Gasteiger partial charge in [0.1, 0.15) is 11.5 Å². The first-order chi connectivity index (χ1) is 15.0. The van der Waals surface area contributed by atoms with Crippen molar-refractivity contribution in [1.29, 1.82) is 0 Å². The number of aliphatic carboxylic acids is 1. The van der Waals surface area contributed by atoms with Crippen LogP contribution in [-0.4, -0.2) is 52.6 Å². The molecule has 11 heteroatoms. The Bertz CT molecular complexity index is 1190. The number of aliphatic hydroxyl groups is 1. The third-order valence-corrected chi connectivity index (χ3v) is 5.89. The topological polar surface area (TPSA) is 153 Å². The van der Waals surface area contributed by atoms with E-state index in [0.29, 0.717) is 17.8 Å². The number of carbonyl (C=O) groups excluding carboxylic acids is 1. The molecule has 0 unspecified atom stereocenters. The third kappa shape index (κ3) is 6.72. The van der Waals surface area contributed by atoms with Crippen molar-refractivity contribution in [3.63, 3.8) is 0 Å². The van der Waals surface area contributed by atoms with Crippen LogP contribution in [-0.2, 0) is 28.1 Å². The van der Waals surface area contributed by atoms with E-state index in [9.17, 15) is 22.4 Å². The first-order valence-electron chi connectivity index (χ1n) is 9.27. The zero-order valence-electron chi connectivity index (χ0n) is 17.1. The van der Waals surface area contributed by atoms with Gasteiger partial charge < -0.3 is 15.9 Å². The molecule has 3 rings (SSSR count). The molecule has 1 heterocycles. The zero-order valence-corrected chi connectivity index (χ0v) is 17.9. The van der Waals surface area contributed by atoms with Crippen LogP contribution in [0.25, 0.3) is 11.3 Å². The van der Waals surface area contributed by atoms with Crippen molar-refractivity contribution in [2.45, 2.75) is 11.3 Å². The number of benzene rings is 2. The monoisotopic (exact) mass is 463 g/mol. The fraction of sp³-hybridized carbons (Fsp3) is 0.190. The molecule has 0 saturated heterocycles.